The molecular weight excluding hydrogens is 264 g/mol. The molecule has 0 bridgehead atoms. The van der Waals surface area contributed by atoms with Crippen molar-refractivity contribution < 1.29 is 22.8 Å². The maximum atomic E-state index is 11.0. The molecule has 0 spiro atoms. The second kappa shape index (κ2) is 5.19. The van der Waals surface area contributed by atoms with E-state index >= 15 is 0 Å². The zero-order valence-corrected chi connectivity index (χ0v) is 10.6. The van der Waals surface area contributed by atoms with Crippen LogP contribution in [0.3, 0.4) is 0 Å². The van der Waals surface area contributed by atoms with Crippen LogP contribution in [-0.4, -0.2) is 27.6 Å². The third kappa shape index (κ3) is 3.31. The Bertz CT molecular complexity index is 569. The van der Waals surface area contributed by atoms with E-state index in [1.54, 1.807) is 0 Å². The molecule has 18 heavy (non-hydrogen) atoms. The van der Waals surface area contributed by atoms with E-state index in [2.05, 4.69) is 0 Å². The fourth-order valence-corrected chi connectivity index (χ4v) is 2.08. The van der Waals surface area contributed by atoms with Crippen LogP contribution in [0.5, 0.6) is 11.5 Å². The van der Waals surface area contributed by atoms with Gasteiger partial charge in [0, 0.05) is 6.07 Å². The Balaban J connectivity index is 3.41. The van der Waals surface area contributed by atoms with E-state index in [1.807, 2.05) is 0 Å². The summed E-state index contributed by atoms with van der Waals surface area (Å²) < 4.78 is 31.7. The van der Waals surface area contributed by atoms with Crippen molar-refractivity contribution >= 4 is 15.7 Å². The summed E-state index contributed by atoms with van der Waals surface area (Å²) in [5.41, 5.74) is -0.225. The first-order valence-corrected chi connectivity index (χ1v) is 6.39. The number of methoxy groups -OCH3 is 2. The number of nitrogens with two attached hydrogens (primary N) is 1. The molecule has 8 nitrogen and oxygen atoms in total. The highest BCUT2D eigenvalue weighted by molar-refractivity contribution is 7.88. The molecule has 0 saturated carbocycles. The van der Waals surface area contributed by atoms with E-state index in [1.165, 1.54) is 20.3 Å². The van der Waals surface area contributed by atoms with Gasteiger partial charge in [-0.1, -0.05) is 0 Å². The zero-order valence-electron chi connectivity index (χ0n) is 9.74. The van der Waals surface area contributed by atoms with Gasteiger partial charge in [-0.25, -0.2) is 13.6 Å². The van der Waals surface area contributed by atoms with Gasteiger partial charge in [-0.3, -0.25) is 10.1 Å². The van der Waals surface area contributed by atoms with Crippen molar-refractivity contribution in [2.75, 3.05) is 14.2 Å². The molecule has 0 fully saturated rings. The smallest absolute Gasteiger partial charge is 0.315 e. The molecule has 0 radical (unpaired) electrons. The van der Waals surface area contributed by atoms with Crippen LogP contribution in [0.25, 0.3) is 0 Å². The van der Waals surface area contributed by atoms with E-state index in [0.717, 1.165) is 6.07 Å². The summed E-state index contributed by atoms with van der Waals surface area (Å²) in [7, 11) is -1.24. The average Bonchev–Trinajstić information content (AvgIpc) is 2.25. The van der Waals surface area contributed by atoms with Crippen molar-refractivity contribution in [2.24, 2.45) is 5.14 Å². The zero-order chi connectivity index (χ0) is 13.9. The highest BCUT2D eigenvalue weighted by Crippen LogP contribution is 2.38. The fraction of sp³-hybridized carbons (Fsp3) is 0.333. The summed E-state index contributed by atoms with van der Waals surface area (Å²) >= 11 is 0. The molecular formula is C9H12N2O6S. The summed E-state index contributed by atoms with van der Waals surface area (Å²) in [6, 6.07) is 2.42. The first-order valence-electron chi connectivity index (χ1n) is 4.68. The van der Waals surface area contributed by atoms with Crippen molar-refractivity contribution in [2.45, 2.75) is 5.75 Å². The minimum atomic E-state index is -3.78. The lowest BCUT2D eigenvalue weighted by Crippen LogP contribution is -2.14. The normalized spacial score (nSPS) is 11.1. The number of ether oxygens (including phenoxy) is 2. The molecule has 0 aliphatic rings. The highest BCUT2D eigenvalue weighted by atomic mass is 32.2. The van der Waals surface area contributed by atoms with E-state index < -0.39 is 20.7 Å². The van der Waals surface area contributed by atoms with Crippen molar-refractivity contribution in [1.82, 2.24) is 0 Å². The van der Waals surface area contributed by atoms with Crippen LogP contribution < -0.4 is 14.6 Å². The van der Waals surface area contributed by atoms with Crippen LogP contribution in [0.4, 0.5) is 5.69 Å². The van der Waals surface area contributed by atoms with Crippen LogP contribution in [0.2, 0.25) is 0 Å². The maximum absolute atomic E-state index is 11.0. The summed E-state index contributed by atoms with van der Waals surface area (Å²) in [5, 5.41) is 15.7. The average molecular weight is 276 g/mol. The van der Waals surface area contributed by atoms with E-state index in [9.17, 15) is 18.5 Å². The Hall–Kier alpha value is -1.87. The first-order chi connectivity index (χ1) is 8.28. The summed E-state index contributed by atoms with van der Waals surface area (Å²) in [5.74, 6) is -0.514. The lowest BCUT2D eigenvalue weighted by molar-refractivity contribution is -0.385. The van der Waals surface area contributed by atoms with Gasteiger partial charge in [0.15, 0.2) is 5.75 Å². The third-order valence-electron chi connectivity index (χ3n) is 2.08. The molecule has 0 atom stereocenters. The second-order valence-corrected chi connectivity index (χ2v) is 5.03. The number of benzene rings is 1. The quantitative estimate of drug-likeness (QED) is 0.613. The molecule has 9 heteroatoms. The van der Waals surface area contributed by atoms with Crippen LogP contribution in [0.1, 0.15) is 5.56 Å². The van der Waals surface area contributed by atoms with Gasteiger partial charge >= 0.3 is 5.69 Å². The lowest BCUT2D eigenvalue weighted by atomic mass is 10.2. The molecule has 1 aromatic rings. The summed E-state index contributed by atoms with van der Waals surface area (Å²) in [6.07, 6.45) is 0. The summed E-state index contributed by atoms with van der Waals surface area (Å²) in [6.45, 7) is 0. The standard InChI is InChI=1S/C9H12N2O6S/c1-16-8-4-6(5-18(10,14)15)3-7(11(12)13)9(8)17-2/h3-4H,5H2,1-2H3,(H2,10,14,15). The molecule has 0 aliphatic heterocycles. The van der Waals surface area contributed by atoms with Crippen molar-refractivity contribution in [3.63, 3.8) is 0 Å². The minimum absolute atomic E-state index is 0.0688. The molecule has 0 aliphatic carbocycles. The number of nitro benzene ring substituents is 1. The van der Waals surface area contributed by atoms with Crippen LogP contribution in [0.15, 0.2) is 12.1 Å². The highest BCUT2D eigenvalue weighted by Gasteiger charge is 2.22. The lowest BCUT2D eigenvalue weighted by Gasteiger charge is -2.09. The molecule has 2 N–H and O–H groups in total. The van der Waals surface area contributed by atoms with Crippen LogP contribution in [0, 0.1) is 10.1 Å². The number of nitrogens with zero attached hydrogens (tertiary/aromatic N) is 1. The number of sulfonamides is 1. The van der Waals surface area contributed by atoms with Gasteiger partial charge in [0.25, 0.3) is 0 Å². The third-order valence-corrected chi connectivity index (χ3v) is 2.82. The Morgan fingerprint density at radius 3 is 2.33 bits per heavy atom. The topological polar surface area (TPSA) is 122 Å². The fourth-order valence-electron chi connectivity index (χ4n) is 1.45. The van der Waals surface area contributed by atoms with Gasteiger partial charge in [-0.15, -0.1) is 0 Å². The monoisotopic (exact) mass is 276 g/mol. The van der Waals surface area contributed by atoms with Gasteiger partial charge in [0.2, 0.25) is 15.8 Å². The predicted molar refractivity (Wildman–Crippen MR) is 63.0 cm³/mol. The second-order valence-electron chi connectivity index (χ2n) is 3.41. The number of primary sulfonamides is 1. The Kier molecular flexibility index (Phi) is 4.09. The molecule has 100 valence electrons. The number of hydrogen-bond acceptors (Lipinski definition) is 6. The van der Waals surface area contributed by atoms with Gasteiger partial charge in [-0.2, -0.15) is 0 Å². The molecule has 0 aromatic heterocycles. The number of hydrogen-bond donors (Lipinski definition) is 1. The molecule has 0 unspecified atom stereocenters. The van der Waals surface area contributed by atoms with Crippen molar-refractivity contribution in [3.05, 3.63) is 27.8 Å². The van der Waals surface area contributed by atoms with E-state index in [-0.39, 0.29) is 22.7 Å². The molecule has 0 heterocycles. The van der Waals surface area contributed by atoms with Crippen LogP contribution >= 0.6 is 0 Å². The SMILES string of the molecule is COc1cc(CS(N)(=O)=O)cc([N+](=O)[O-])c1OC. The van der Waals surface area contributed by atoms with E-state index in [4.69, 9.17) is 14.6 Å². The van der Waals surface area contributed by atoms with Gasteiger partial charge in [0.1, 0.15) is 0 Å². The predicted octanol–water partition coefficient (Wildman–Crippen LogP) is 0.401. The van der Waals surface area contributed by atoms with Gasteiger partial charge in [-0.05, 0) is 11.6 Å². The molecule has 0 saturated heterocycles. The van der Waals surface area contributed by atoms with Gasteiger partial charge in [0.05, 0.1) is 24.9 Å². The number of nitro groups is 1. The van der Waals surface area contributed by atoms with Crippen molar-refractivity contribution in [3.8, 4) is 11.5 Å². The maximum Gasteiger partial charge on any atom is 0.315 e. The Labute approximate surface area is 104 Å². The number of rotatable bonds is 5. The summed E-state index contributed by atoms with van der Waals surface area (Å²) in [4.78, 5) is 10.2. The Morgan fingerprint density at radius 1 is 1.33 bits per heavy atom. The van der Waals surface area contributed by atoms with Gasteiger partial charge < -0.3 is 9.47 Å². The van der Waals surface area contributed by atoms with Crippen LogP contribution in [-0.2, 0) is 15.8 Å². The molecule has 1 rings (SSSR count). The largest absolute Gasteiger partial charge is 0.493 e. The minimum Gasteiger partial charge on any atom is -0.493 e. The molecule has 1 aromatic carbocycles. The van der Waals surface area contributed by atoms with E-state index in [0.29, 0.717) is 0 Å². The molecule has 0 amide bonds. The van der Waals surface area contributed by atoms with Crippen molar-refractivity contribution in [1.29, 1.82) is 0 Å². The first kappa shape index (κ1) is 14.2. The Morgan fingerprint density at radius 2 is 1.94 bits per heavy atom.